The maximum absolute atomic E-state index is 11.8. The third-order valence-electron chi connectivity index (χ3n) is 4.61. The average Bonchev–Trinajstić information content (AvgIpc) is 2.67. The quantitative estimate of drug-likeness (QED) is 0.560. The smallest absolute Gasteiger partial charge is 0.306 e. The molecular weight excluding hydrogens is 328 g/mol. The first kappa shape index (κ1) is 20.0. The zero-order valence-electron chi connectivity index (χ0n) is 15.7. The van der Waals surface area contributed by atoms with E-state index in [1.165, 1.54) is 0 Å². The van der Waals surface area contributed by atoms with Gasteiger partial charge in [-0.3, -0.25) is 9.59 Å². The summed E-state index contributed by atoms with van der Waals surface area (Å²) in [5.74, 6) is -0.101. The topological polar surface area (TPSA) is 52.6 Å². The standard InChI is InChI=1S/C22H28O4/c1-3-17(4-2)15-25-21(23)10-7-11-22(24)26-16-18-12-13-19-8-5-6-9-20(19)14-18/h5-6,8-9,12-14,17H,3-4,7,10-11,15-16H2,1-2H3. The molecule has 2 rings (SSSR count). The fourth-order valence-electron chi connectivity index (χ4n) is 2.75. The summed E-state index contributed by atoms with van der Waals surface area (Å²) < 4.78 is 10.5. The van der Waals surface area contributed by atoms with Gasteiger partial charge in [0.05, 0.1) is 6.61 Å². The molecule has 2 aromatic rings. The van der Waals surface area contributed by atoms with Crippen molar-refractivity contribution in [2.75, 3.05) is 6.61 Å². The number of hydrogen-bond donors (Lipinski definition) is 0. The van der Waals surface area contributed by atoms with Crippen LogP contribution in [0, 0.1) is 5.92 Å². The number of hydrogen-bond acceptors (Lipinski definition) is 4. The molecule has 4 nitrogen and oxygen atoms in total. The fraction of sp³-hybridized carbons (Fsp3) is 0.455. The van der Waals surface area contributed by atoms with Crippen molar-refractivity contribution >= 4 is 22.7 Å². The Kier molecular flexibility index (Phi) is 8.13. The van der Waals surface area contributed by atoms with E-state index in [4.69, 9.17) is 9.47 Å². The molecule has 0 aliphatic rings. The highest BCUT2D eigenvalue weighted by molar-refractivity contribution is 5.83. The van der Waals surface area contributed by atoms with E-state index in [2.05, 4.69) is 13.8 Å². The SMILES string of the molecule is CCC(CC)COC(=O)CCCC(=O)OCc1ccc2ccccc2c1. The van der Waals surface area contributed by atoms with E-state index in [0.29, 0.717) is 18.9 Å². The van der Waals surface area contributed by atoms with E-state index in [1.807, 2.05) is 42.5 Å². The largest absolute Gasteiger partial charge is 0.465 e. The highest BCUT2D eigenvalue weighted by atomic mass is 16.5. The summed E-state index contributed by atoms with van der Waals surface area (Å²) in [6.07, 6.45) is 2.95. The molecule has 0 radical (unpaired) electrons. The lowest BCUT2D eigenvalue weighted by atomic mass is 10.1. The molecule has 26 heavy (non-hydrogen) atoms. The minimum atomic E-state index is -0.286. The highest BCUT2D eigenvalue weighted by Crippen LogP contribution is 2.16. The average molecular weight is 356 g/mol. The van der Waals surface area contributed by atoms with Crippen LogP contribution < -0.4 is 0 Å². The highest BCUT2D eigenvalue weighted by Gasteiger charge is 2.10. The van der Waals surface area contributed by atoms with Crippen LogP contribution in [0.3, 0.4) is 0 Å². The second-order valence-corrected chi connectivity index (χ2v) is 6.56. The van der Waals surface area contributed by atoms with E-state index >= 15 is 0 Å². The van der Waals surface area contributed by atoms with Crippen LogP contribution in [-0.4, -0.2) is 18.5 Å². The molecular formula is C22H28O4. The van der Waals surface area contributed by atoms with Crippen LogP contribution in [0.15, 0.2) is 42.5 Å². The van der Waals surface area contributed by atoms with Crippen molar-refractivity contribution in [3.05, 3.63) is 48.0 Å². The fourth-order valence-corrected chi connectivity index (χ4v) is 2.75. The van der Waals surface area contributed by atoms with Gasteiger partial charge in [-0.1, -0.05) is 63.1 Å². The molecule has 2 aromatic carbocycles. The molecule has 0 aromatic heterocycles. The Balaban J connectivity index is 1.66. The summed E-state index contributed by atoms with van der Waals surface area (Å²) in [6, 6.07) is 14.1. The van der Waals surface area contributed by atoms with Crippen molar-refractivity contribution in [1.29, 1.82) is 0 Å². The van der Waals surface area contributed by atoms with Gasteiger partial charge in [-0.25, -0.2) is 0 Å². The number of benzene rings is 2. The molecule has 0 amide bonds. The number of carbonyl (C=O) groups excluding carboxylic acids is 2. The van der Waals surface area contributed by atoms with Crippen LogP contribution in [0.4, 0.5) is 0 Å². The maximum atomic E-state index is 11.8. The molecule has 0 saturated heterocycles. The first-order valence-electron chi connectivity index (χ1n) is 9.41. The minimum Gasteiger partial charge on any atom is -0.465 e. The van der Waals surface area contributed by atoms with E-state index < -0.39 is 0 Å². The van der Waals surface area contributed by atoms with Crippen molar-refractivity contribution in [3.63, 3.8) is 0 Å². The van der Waals surface area contributed by atoms with Gasteiger partial charge in [0.2, 0.25) is 0 Å². The van der Waals surface area contributed by atoms with Crippen molar-refractivity contribution in [2.24, 2.45) is 5.92 Å². The Morgan fingerprint density at radius 2 is 1.54 bits per heavy atom. The van der Waals surface area contributed by atoms with Gasteiger partial charge in [0.15, 0.2) is 0 Å². The van der Waals surface area contributed by atoms with Gasteiger partial charge in [-0.2, -0.15) is 0 Å². The molecule has 4 heteroatoms. The third-order valence-corrected chi connectivity index (χ3v) is 4.61. The second kappa shape index (κ2) is 10.6. The van der Waals surface area contributed by atoms with Gasteiger partial charge < -0.3 is 9.47 Å². The summed E-state index contributed by atoms with van der Waals surface area (Å²) in [6.45, 7) is 4.90. The Bertz CT molecular complexity index is 719. The van der Waals surface area contributed by atoms with Gasteiger partial charge in [-0.15, -0.1) is 0 Å². The van der Waals surface area contributed by atoms with Gasteiger partial charge >= 0.3 is 11.9 Å². The van der Waals surface area contributed by atoms with Gasteiger partial charge in [-0.05, 0) is 34.7 Å². The van der Waals surface area contributed by atoms with Gasteiger partial charge in [0, 0.05) is 12.8 Å². The van der Waals surface area contributed by atoms with E-state index in [0.717, 1.165) is 29.2 Å². The van der Waals surface area contributed by atoms with Crippen molar-refractivity contribution in [2.45, 2.75) is 52.6 Å². The van der Waals surface area contributed by atoms with E-state index in [9.17, 15) is 9.59 Å². The summed E-state index contributed by atoms with van der Waals surface area (Å²) in [5.41, 5.74) is 0.960. The lowest BCUT2D eigenvalue weighted by Crippen LogP contribution is -2.13. The molecule has 0 N–H and O–H groups in total. The third kappa shape index (κ3) is 6.51. The molecule has 140 valence electrons. The Morgan fingerprint density at radius 1 is 0.885 bits per heavy atom. The second-order valence-electron chi connectivity index (χ2n) is 6.56. The van der Waals surface area contributed by atoms with Gasteiger partial charge in [0.1, 0.15) is 6.61 Å². The van der Waals surface area contributed by atoms with Crippen molar-refractivity contribution < 1.29 is 19.1 Å². The predicted octanol–water partition coefficient (Wildman–Crippen LogP) is 5.03. The van der Waals surface area contributed by atoms with Crippen LogP contribution in [0.25, 0.3) is 10.8 Å². The lowest BCUT2D eigenvalue weighted by molar-refractivity contribution is -0.146. The molecule has 0 bridgehead atoms. The summed E-state index contributed by atoms with van der Waals surface area (Å²) in [4.78, 5) is 23.5. The molecule has 0 atom stereocenters. The molecule has 0 aliphatic carbocycles. The monoisotopic (exact) mass is 356 g/mol. The summed E-state index contributed by atoms with van der Waals surface area (Å²) in [7, 11) is 0. The molecule has 0 unspecified atom stereocenters. The Labute approximate surface area is 155 Å². The molecule has 0 heterocycles. The number of carbonyl (C=O) groups is 2. The zero-order valence-corrected chi connectivity index (χ0v) is 15.7. The number of ether oxygens (including phenoxy) is 2. The summed E-state index contributed by atoms with van der Waals surface area (Å²) >= 11 is 0. The first-order valence-corrected chi connectivity index (χ1v) is 9.41. The van der Waals surface area contributed by atoms with Crippen LogP contribution in [0.5, 0.6) is 0 Å². The van der Waals surface area contributed by atoms with Crippen molar-refractivity contribution in [3.8, 4) is 0 Å². The number of rotatable bonds is 10. The predicted molar refractivity (Wildman–Crippen MR) is 103 cm³/mol. The van der Waals surface area contributed by atoms with Crippen LogP contribution >= 0.6 is 0 Å². The normalized spacial score (nSPS) is 10.9. The van der Waals surface area contributed by atoms with Gasteiger partial charge in [0.25, 0.3) is 0 Å². The molecule has 0 aliphatic heterocycles. The first-order chi connectivity index (χ1) is 12.6. The Morgan fingerprint density at radius 3 is 2.23 bits per heavy atom. The lowest BCUT2D eigenvalue weighted by Gasteiger charge is -2.12. The Hall–Kier alpha value is -2.36. The number of fused-ring (bicyclic) bond motifs is 1. The van der Waals surface area contributed by atoms with Crippen molar-refractivity contribution in [1.82, 2.24) is 0 Å². The van der Waals surface area contributed by atoms with E-state index in [1.54, 1.807) is 0 Å². The molecule has 0 spiro atoms. The zero-order chi connectivity index (χ0) is 18.8. The summed E-state index contributed by atoms with van der Waals surface area (Å²) in [5, 5.41) is 2.29. The maximum Gasteiger partial charge on any atom is 0.306 e. The van der Waals surface area contributed by atoms with Crippen LogP contribution in [-0.2, 0) is 25.7 Å². The minimum absolute atomic E-state index is 0.230. The van der Waals surface area contributed by atoms with E-state index in [-0.39, 0.29) is 31.4 Å². The molecule has 0 saturated carbocycles. The van der Waals surface area contributed by atoms with Crippen LogP contribution in [0.2, 0.25) is 0 Å². The molecule has 0 fully saturated rings. The van der Waals surface area contributed by atoms with Crippen LogP contribution in [0.1, 0.15) is 51.5 Å². The number of esters is 2.